The number of carbonyl (C=O) groups is 1. The van der Waals surface area contributed by atoms with Crippen LogP contribution in [0.5, 0.6) is 5.75 Å². The van der Waals surface area contributed by atoms with Gasteiger partial charge in [-0.3, -0.25) is 4.79 Å². The van der Waals surface area contributed by atoms with Crippen LogP contribution in [0.3, 0.4) is 0 Å². The van der Waals surface area contributed by atoms with Gasteiger partial charge in [0, 0.05) is 25.2 Å². The zero-order chi connectivity index (χ0) is 18.6. The summed E-state index contributed by atoms with van der Waals surface area (Å²) in [6.07, 6.45) is 1.52. The summed E-state index contributed by atoms with van der Waals surface area (Å²) in [5, 5.41) is 12.0. The van der Waals surface area contributed by atoms with E-state index in [0.29, 0.717) is 18.8 Å². The van der Waals surface area contributed by atoms with Crippen molar-refractivity contribution in [2.45, 2.75) is 6.04 Å². The van der Waals surface area contributed by atoms with E-state index >= 15 is 0 Å². The van der Waals surface area contributed by atoms with Gasteiger partial charge >= 0.3 is 0 Å². The number of rotatable bonds is 4. The molecular formula is C20H21N5O2. The van der Waals surface area contributed by atoms with Crippen LogP contribution in [0.25, 0.3) is 5.69 Å². The molecule has 2 heterocycles. The molecule has 1 aliphatic heterocycles. The maximum atomic E-state index is 13.2. The monoisotopic (exact) mass is 363 g/mol. The molecule has 138 valence electrons. The second kappa shape index (κ2) is 7.59. The lowest BCUT2D eigenvalue weighted by atomic mass is 10.0. The first kappa shape index (κ1) is 17.2. The van der Waals surface area contributed by atoms with Gasteiger partial charge in [-0.05, 0) is 18.2 Å². The van der Waals surface area contributed by atoms with Crippen molar-refractivity contribution >= 4 is 5.91 Å². The molecule has 3 aromatic rings. The molecule has 1 unspecified atom stereocenters. The van der Waals surface area contributed by atoms with Crippen LogP contribution in [0.4, 0.5) is 0 Å². The zero-order valence-electron chi connectivity index (χ0n) is 15.1. The number of amides is 1. The number of methoxy groups -OCH3 is 1. The van der Waals surface area contributed by atoms with Crippen molar-refractivity contribution in [1.29, 1.82) is 0 Å². The summed E-state index contributed by atoms with van der Waals surface area (Å²) in [6.45, 7) is 2.00. The van der Waals surface area contributed by atoms with E-state index in [0.717, 1.165) is 23.5 Å². The molecule has 2 aromatic carbocycles. The van der Waals surface area contributed by atoms with E-state index in [1.165, 1.54) is 11.0 Å². The van der Waals surface area contributed by atoms with Crippen LogP contribution in [0, 0.1) is 0 Å². The number of ether oxygens (including phenoxy) is 1. The third kappa shape index (κ3) is 3.41. The summed E-state index contributed by atoms with van der Waals surface area (Å²) >= 11 is 0. The predicted molar refractivity (Wildman–Crippen MR) is 101 cm³/mol. The maximum absolute atomic E-state index is 13.2. The Hall–Kier alpha value is -3.19. The molecule has 1 aliphatic rings. The molecule has 1 fully saturated rings. The standard InChI is InChI=1S/C20H21N5O2/c1-27-19-10-6-5-9-16(19)18-14-21-11-12-24(18)20(26)17-13-22-25(23-17)15-7-3-2-4-8-15/h2-10,13,18,21H,11-12,14H2,1H3. The van der Waals surface area contributed by atoms with E-state index in [9.17, 15) is 4.79 Å². The van der Waals surface area contributed by atoms with Crippen LogP contribution in [0.15, 0.2) is 60.8 Å². The first-order chi connectivity index (χ1) is 13.3. The number of hydrogen-bond donors (Lipinski definition) is 1. The molecule has 0 bridgehead atoms. The van der Waals surface area contributed by atoms with Crippen molar-refractivity contribution in [3.8, 4) is 11.4 Å². The highest BCUT2D eigenvalue weighted by Crippen LogP contribution is 2.30. The van der Waals surface area contributed by atoms with Crippen LogP contribution in [-0.2, 0) is 0 Å². The molecule has 0 saturated carbocycles. The summed E-state index contributed by atoms with van der Waals surface area (Å²) in [4.78, 5) is 16.5. The Balaban J connectivity index is 1.63. The second-order valence-electron chi connectivity index (χ2n) is 6.32. The number of hydrogen-bond acceptors (Lipinski definition) is 5. The van der Waals surface area contributed by atoms with Gasteiger partial charge in [-0.25, -0.2) is 0 Å². The average molecular weight is 363 g/mol. The number of benzene rings is 2. The van der Waals surface area contributed by atoms with Crippen molar-refractivity contribution in [1.82, 2.24) is 25.2 Å². The Bertz CT molecular complexity index is 925. The first-order valence-corrected chi connectivity index (χ1v) is 8.90. The molecule has 0 radical (unpaired) electrons. The van der Waals surface area contributed by atoms with Crippen molar-refractivity contribution < 1.29 is 9.53 Å². The Labute approximate surface area is 157 Å². The molecule has 4 rings (SSSR count). The predicted octanol–water partition coefficient (Wildman–Crippen LogP) is 2.06. The smallest absolute Gasteiger partial charge is 0.276 e. The average Bonchev–Trinajstić information content (AvgIpc) is 3.24. The number of para-hydroxylation sites is 2. The molecule has 27 heavy (non-hydrogen) atoms. The lowest BCUT2D eigenvalue weighted by Crippen LogP contribution is -2.48. The molecular weight excluding hydrogens is 342 g/mol. The highest BCUT2D eigenvalue weighted by molar-refractivity contribution is 5.92. The van der Waals surface area contributed by atoms with Crippen molar-refractivity contribution in [2.24, 2.45) is 0 Å². The summed E-state index contributed by atoms with van der Waals surface area (Å²) < 4.78 is 5.50. The Morgan fingerprint density at radius 3 is 2.74 bits per heavy atom. The van der Waals surface area contributed by atoms with Gasteiger partial charge < -0.3 is 15.0 Å². The molecule has 1 N–H and O–H groups in total. The molecule has 1 amide bonds. The lowest BCUT2D eigenvalue weighted by molar-refractivity contribution is 0.0625. The third-order valence-corrected chi connectivity index (χ3v) is 4.70. The summed E-state index contributed by atoms with van der Waals surface area (Å²) in [6, 6.07) is 17.2. The molecule has 0 aliphatic carbocycles. The number of carbonyl (C=O) groups excluding carboxylic acids is 1. The number of nitrogens with one attached hydrogen (secondary N) is 1. The molecule has 0 spiro atoms. The number of piperazine rings is 1. The van der Waals surface area contributed by atoms with E-state index in [1.54, 1.807) is 7.11 Å². The van der Waals surface area contributed by atoms with Gasteiger partial charge in [0.2, 0.25) is 0 Å². The minimum Gasteiger partial charge on any atom is -0.496 e. The van der Waals surface area contributed by atoms with Crippen molar-refractivity contribution in [3.05, 3.63) is 72.1 Å². The molecule has 7 nitrogen and oxygen atoms in total. The van der Waals surface area contributed by atoms with Gasteiger partial charge in [0.05, 0.1) is 25.0 Å². The maximum Gasteiger partial charge on any atom is 0.276 e. The van der Waals surface area contributed by atoms with Crippen LogP contribution in [0.1, 0.15) is 22.1 Å². The van der Waals surface area contributed by atoms with Crippen LogP contribution < -0.4 is 10.1 Å². The highest BCUT2D eigenvalue weighted by Gasteiger charge is 2.31. The Morgan fingerprint density at radius 2 is 1.93 bits per heavy atom. The molecule has 1 atom stereocenters. The topological polar surface area (TPSA) is 72.3 Å². The van der Waals surface area contributed by atoms with Gasteiger partial charge in [0.25, 0.3) is 5.91 Å². The van der Waals surface area contributed by atoms with Gasteiger partial charge in [-0.15, -0.1) is 5.10 Å². The number of aromatic nitrogens is 3. The molecule has 7 heteroatoms. The largest absolute Gasteiger partial charge is 0.496 e. The summed E-state index contributed by atoms with van der Waals surface area (Å²) in [5.41, 5.74) is 2.13. The van der Waals surface area contributed by atoms with Gasteiger partial charge in [0.1, 0.15) is 5.75 Å². The van der Waals surface area contributed by atoms with Crippen LogP contribution in [-0.4, -0.2) is 52.5 Å². The quantitative estimate of drug-likeness (QED) is 0.768. The minimum atomic E-state index is -0.130. The first-order valence-electron chi connectivity index (χ1n) is 8.90. The zero-order valence-corrected chi connectivity index (χ0v) is 15.1. The number of nitrogens with zero attached hydrogens (tertiary/aromatic N) is 4. The second-order valence-corrected chi connectivity index (χ2v) is 6.32. The third-order valence-electron chi connectivity index (χ3n) is 4.70. The van der Waals surface area contributed by atoms with E-state index in [-0.39, 0.29) is 11.9 Å². The fourth-order valence-corrected chi connectivity index (χ4v) is 3.36. The highest BCUT2D eigenvalue weighted by atomic mass is 16.5. The van der Waals surface area contributed by atoms with Gasteiger partial charge in [0.15, 0.2) is 5.69 Å². The fourth-order valence-electron chi connectivity index (χ4n) is 3.36. The summed E-state index contributed by atoms with van der Waals surface area (Å²) in [7, 11) is 1.65. The van der Waals surface area contributed by atoms with Crippen LogP contribution >= 0.6 is 0 Å². The van der Waals surface area contributed by atoms with Crippen LogP contribution in [0.2, 0.25) is 0 Å². The Morgan fingerprint density at radius 1 is 1.15 bits per heavy atom. The molecule has 1 saturated heterocycles. The van der Waals surface area contributed by atoms with E-state index < -0.39 is 0 Å². The lowest BCUT2D eigenvalue weighted by Gasteiger charge is -2.36. The van der Waals surface area contributed by atoms with E-state index in [2.05, 4.69) is 15.5 Å². The van der Waals surface area contributed by atoms with E-state index in [4.69, 9.17) is 4.74 Å². The van der Waals surface area contributed by atoms with Crippen molar-refractivity contribution in [2.75, 3.05) is 26.7 Å². The fraction of sp³-hybridized carbons (Fsp3) is 0.250. The van der Waals surface area contributed by atoms with Gasteiger partial charge in [-0.1, -0.05) is 36.4 Å². The van der Waals surface area contributed by atoms with Gasteiger partial charge in [-0.2, -0.15) is 9.90 Å². The molecule has 1 aromatic heterocycles. The van der Waals surface area contributed by atoms with E-state index in [1.807, 2.05) is 59.5 Å². The van der Waals surface area contributed by atoms with Crippen molar-refractivity contribution in [3.63, 3.8) is 0 Å². The minimum absolute atomic E-state index is 0.121. The summed E-state index contributed by atoms with van der Waals surface area (Å²) in [5.74, 6) is 0.645. The Kier molecular flexibility index (Phi) is 4.84. The SMILES string of the molecule is COc1ccccc1C1CNCCN1C(=O)c1cnn(-c2ccccc2)n1. The normalized spacial score (nSPS) is 16.9.